The average Bonchev–Trinajstić information content (AvgIpc) is 2.23. The summed E-state index contributed by atoms with van der Waals surface area (Å²) < 4.78 is 67.7. The summed E-state index contributed by atoms with van der Waals surface area (Å²) in [5.74, 6) is -4.82. The highest BCUT2D eigenvalue weighted by atomic mass is 19.4. The van der Waals surface area contributed by atoms with Crippen molar-refractivity contribution in [2.24, 2.45) is 0 Å². The molecule has 1 aliphatic heterocycles. The van der Waals surface area contributed by atoms with Gasteiger partial charge in [-0.15, -0.1) is 0 Å². The first-order valence-corrected chi connectivity index (χ1v) is 5.42. The van der Waals surface area contributed by atoms with Gasteiger partial charge in [-0.25, -0.2) is 0 Å². The molecule has 0 bridgehead atoms. The van der Waals surface area contributed by atoms with Crippen LogP contribution in [0.25, 0.3) is 0 Å². The van der Waals surface area contributed by atoms with E-state index in [-0.39, 0.29) is 12.2 Å². The summed E-state index contributed by atoms with van der Waals surface area (Å²) in [6.45, 7) is 1.86. The Bertz CT molecular complexity index is 417. The van der Waals surface area contributed by atoms with Gasteiger partial charge in [0.05, 0.1) is 12.2 Å². The maximum atomic E-state index is 13.0. The van der Waals surface area contributed by atoms with E-state index in [4.69, 9.17) is 4.74 Å². The van der Waals surface area contributed by atoms with Gasteiger partial charge in [-0.05, 0) is 12.5 Å². The first-order chi connectivity index (χ1) is 8.22. The van der Waals surface area contributed by atoms with Gasteiger partial charge in [0.1, 0.15) is 0 Å². The lowest BCUT2D eigenvalue weighted by atomic mass is 9.96. The second kappa shape index (κ2) is 4.19. The van der Waals surface area contributed by atoms with Gasteiger partial charge >= 0.3 is 12.1 Å². The van der Waals surface area contributed by atoms with Crippen LogP contribution in [0.15, 0.2) is 24.3 Å². The minimum absolute atomic E-state index is 0.103. The minimum atomic E-state index is -5.57. The monoisotopic (exact) mass is 266 g/mol. The summed E-state index contributed by atoms with van der Waals surface area (Å²) in [5.41, 5.74) is -0.430. The zero-order valence-corrected chi connectivity index (χ0v) is 9.47. The molecule has 0 saturated carbocycles. The lowest BCUT2D eigenvalue weighted by Crippen LogP contribution is -2.33. The second-order valence-corrected chi connectivity index (χ2v) is 4.37. The maximum Gasteiger partial charge on any atom is 0.458 e. The molecule has 1 aliphatic rings. The van der Waals surface area contributed by atoms with E-state index in [9.17, 15) is 22.0 Å². The predicted octanol–water partition coefficient (Wildman–Crippen LogP) is 4.19. The first-order valence-electron chi connectivity index (χ1n) is 5.42. The highest BCUT2D eigenvalue weighted by Gasteiger charge is 2.58. The molecule has 0 radical (unpaired) electrons. The molecule has 2 unspecified atom stereocenters. The third-order valence-corrected chi connectivity index (χ3v) is 2.94. The van der Waals surface area contributed by atoms with Gasteiger partial charge in [0.25, 0.3) is 0 Å². The van der Waals surface area contributed by atoms with Crippen molar-refractivity contribution in [3.05, 3.63) is 35.4 Å². The van der Waals surface area contributed by atoms with E-state index in [0.717, 1.165) is 18.6 Å². The number of benzene rings is 1. The standard InChI is InChI=1S/C12H11F5O/c1-7-6-10(18-7)8-2-4-9(5-3-8)11(13,14)12(15,16)17/h2-5,7,10H,6H2,1H3. The molecule has 1 saturated heterocycles. The summed E-state index contributed by atoms with van der Waals surface area (Å²) in [4.78, 5) is 0. The predicted molar refractivity (Wildman–Crippen MR) is 54.3 cm³/mol. The van der Waals surface area contributed by atoms with Crippen molar-refractivity contribution in [3.63, 3.8) is 0 Å². The highest BCUT2D eigenvalue weighted by Crippen LogP contribution is 2.44. The van der Waals surface area contributed by atoms with Crippen LogP contribution in [0, 0.1) is 0 Å². The smallest absolute Gasteiger partial charge is 0.370 e. The number of ether oxygens (including phenoxy) is 1. The second-order valence-electron chi connectivity index (χ2n) is 4.37. The van der Waals surface area contributed by atoms with Crippen molar-refractivity contribution in [2.75, 3.05) is 0 Å². The number of halogens is 5. The molecule has 6 heteroatoms. The number of hydrogen-bond acceptors (Lipinski definition) is 1. The molecule has 2 rings (SSSR count). The van der Waals surface area contributed by atoms with E-state index in [1.165, 1.54) is 12.1 Å². The van der Waals surface area contributed by atoms with Crippen molar-refractivity contribution in [1.82, 2.24) is 0 Å². The van der Waals surface area contributed by atoms with Crippen LogP contribution in [0.4, 0.5) is 22.0 Å². The molecule has 1 fully saturated rings. The van der Waals surface area contributed by atoms with Crippen molar-refractivity contribution < 1.29 is 26.7 Å². The van der Waals surface area contributed by atoms with Crippen molar-refractivity contribution in [3.8, 4) is 0 Å². The van der Waals surface area contributed by atoms with Gasteiger partial charge in [-0.2, -0.15) is 22.0 Å². The zero-order chi connectivity index (χ0) is 13.6. The van der Waals surface area contributed by atoms with Gasteiger partial charge in [0, 0.05) is 12.0 Å². The Morgan fingerprint density at radius 1 is 1.06 bits per heavy atom. The van der Waals surface area contributed by atoms with Crippen LogP contribution in [0.1, 0.15) is 30.6 Å². The highest BCUT2D eigenvalue weighted by molar-refractivity contribution is 5.29. The van der Waals surface area contributed by atoms with Gasteiger partial charge in [0.2, 0.25) is 0 Å². The Morgan fingerprint density at radius 2 is 1.56 bits per heavy atom. The summed E-state index contributed by atoms with van der Waals surface area (Å²) in [6, 6.07) is 4.11. The Balaban J connectivity index is 2.17. The molecule has 2 atom stereocenters. The molecular formula is C12H11F5O. The fourth-order valence-electron chi connectivity index (χ4n) is 1.86. The molecular weight excluding hydrogens is 255 g/mol. The topological polar surface area (TPSA) is 9.23 Å². The molecule has 100 valence electrons. The van der Waals surface area contributed by atoms with Gasteiger partial charge in [-0.1, -0.05) is 24.3 Å². The molecule has 1 aromatic carbocycles. The zero-order valence-electron chi connectivity index (χ0n) is 9.47. The normalized spacial score (nSPS) is 24.8. The molecule has 0 aromatic heterocycles. The number of hydrogen-bond donors (Lipinski definition) is 0. The average molecular weight is 266 g/mol. The Hall–Kier alpha value is -1.17. The fraction of sp³-hybridized carbons (Fsp3) is 0.500. The van der Waals surface area contributed by atoms with E-state index < -0.39 is 17.7 Å². The SMILES string of the molecule is CC1CC(c2ccc(C(F)(F)C(F)(F)F)cc2)O1. The molecule has 0 amide bonds. The van der Waals surface area contributed by atoms with Gasteiger partial charge < -0.3 is 4.74 Å². The Labute approximate surface area is 101 Å². The molecule has 0 N–H and O–H groups in total. The third-order valence-electron chi connectivity index (χ3n) is 2.94. The molecule has 18 heavy (non-hydrogen) atoms. The van der Waals surface area contributed by atoms with Crippen LogP contribution >= 0.6 is 0 Å². The fourth-order valence-corrected chi connectivity index (χ4v) is 1.86. The molecule has 1 heterocycles. The van der Waals surface area contributed by atoms with Crippen molar-refractivity contribution >= 4 is 0 Å². The van der Waals surface area contributed by atoms with Crippen LogP contribution in [-0.2, 0) is 10.7 Å². The first kappa shape index (κ1) is 13.3. The number of rotatable bonds is 2. The summed E-state index contributed by atoms with van der Waals surface area (Å²) >= 11 is 0. The Morgan fingerprint density at radius 3 is 1.94 bits per heavy atom. The molecule has 0 aliphatic carbocycles. The molecule has 1 nitrogen and oxygen atoms in total. The summed E-state index contributed by atoms with van der Waals surface area (Å²) in [6.07, 6.45) is -4.93. The van der Waals surface area contributed by atoms with E-state index in [2.05, 4.69) is 0 Å². The lowest BCUT2D eigenvalue weighted by molar-refractivity contribution is -0.289. The largest absolute Gasteiger partial charge is 0.458 e. The van der Waals surface area contributed by atoms with Crippen LogP contribution in [0.5, 0.6) is 0 Å². The van der Waals surface area contributed by atoms with E-state index in [1.54, 1.807) is 0 Å². The summed E-state index contributed by atoms with van der Waals surface area (Å²) in [7, 11) is 0. The van der Waals surface area contributed by atoms with Crippen LogP contribution in [0.3, 0.4) is 0 Å². The van der Waals surface area contributed by atoms with Gasteiger partial charge in [0.15, 0.2) is 0 Å². The van der Waals surface area contributed by atoms with Crippen LogP contribution in [0.2, 0.25) is 0 Å². The van der Waals surface area contributed by atoms with Crippen molar-refractivity contribution in [1.29, 1.82) is 0 Å². The lowest BCUT2D eigenvalue weighted by Gasteiger charge is -2.34. The Kier molecular flexibility index (Phi) is 3.09. The van der Waals surface area contributed by atoms with Crippen molar-refractivity contribution in [2.45, 2.75) is 37.7 Å². The summed E-state index contributed by atoms with van der Waals surface area (Å²) in [5, 5.41) is 0. The number of alkyl halides is 5. The van der Waals surface area contributed by atoms with E-state index >= 15 is 0 Å². The maximum absolute atomic E-state index is 13.0. The van der Waals surface area contributed by atoms with E-state index in [0.29, 0.717) is 5.56 Å². The quantitative estimate of drug-likeness (QED) is 0.729. The van der Waals surface area contributed by atoms with Gasteiger partial charge in [-0.3, -0.25) is 0 Å². The molecule has 1 aromatic rings. The van der Waals surface area contributed by atoms with Crippen LogP contribution < -0.4 is 0 Å². The minimum Gasteiger partial charge on any atom is -0.370 e. The third kappa shape index (κ3) is 2.21. The van der Waals surface area contributed by atoms with E-state index in [1.807, 2.05) is 6.92 Å². The molecule has 0 spiro atoms. The van der Waals surface area contributed by atoms with Crippen LogP contribution in [-0.4, -0.2) is 12.3 Å².